The fourth-order valence-corrected chi connectivity index (χ4v) is 7.88. The van der Waals surface area contributed by atoms with E-state index < -0.39 is 8.07 Å². The summed E-state index contributed by atoms with van der Waals surface area (Å²) in [5.74, 6) is 0.620. The lowest BCUT2D eigenvalue weighted by atomic mass is 9.93. The summed E-state index contributed by atoms with van der Waals surface area (Å²) in [4.78, 5) is 0. The minimum absolute atomic E-state index is 0.569. The Bertz CT molecular complexity index is 856. The van der Waals surface area contributed by atoms with Crippen LogP contribution in [0.3, 0.4) is 0 Å². The lowest BCUT2D eigenvalue weighted by Crippen LogP contribution is -2.40. The molecule has 0 heterocycles. The van der Waals surface area contributed by atoms with Crippen LogP contribution in [0, 0.1) is 11.5 Å². The molecule has 2 aromatic rings. The molecule has 0 saturated heterocycles. The third-order valence-corrected chi connectivity index (χ3v) is 10.1. The summed E-state index contributed by atoms with van der Waals surface area (Å²) in [5, 5.41) is 0. The Balaban J connectivity index is 1.79. The average Bonchev–Trinajstić information content (AvgIpc) is 3.23. The number of rotatable bonds is 4. The highest BCUT2D eigenvalue weighted by atomic mass is 28.3. The van der Waals surface area contributed by atoms with Gasteiger partial charge in [-0.1, -0.05) is 56.4 Å². The van der Waals surface area contributed by atoms with Gasteiger partial charge in [0.1, 0.15) is 19.2 Å². The number of hydrogen-bond donors (Lipinski definition) is 0. The maximum atomic E-state index is 2.56. The molecular formula is C24H27Si+. The zero-order valence-electron chi connectivity index (χ0n) is 15.7. The Morgan fingerprint density at radius 1 is 1.04 bits per heavy atom. The first-order valence-electron chi connectivity index (χ1n) is 9.50. The van der Waals surface area contributed by atoms with Gasteiger partial charge in [-0.05, 0) is 42.7 Å². The van der Waals surface area contributed by atoms with Crippen LogP contribution < -0.4 is 0 Å². The van der Waals surface area contributed by atoms with Crippen molar-refractivity contribution in [2.24, 2.45) is 5.92 Å². The zero-order valence-corrected chi connectivity index (χ0v) is 16.7. The van der Waals surface area contributed by atoms with Gasteiger partial charge in [0.2, 0.25) is 0 Å². The minimum Gasteiger partial charge on any atom is -0.0779 e. The second-order valence-corrected chi connectivity index (χ2v) is 12.7. The molecular weight excluding hydrogens is 316 g/mol. The largest absolute Gasteiger partial charge is 0.144 e. The quantitative estimate of drug-likeness (QED) is 0.430. The summed E-state index contributed by atoms with van der Waals surface area (Å²) in [5.41, 5.74) is 9.64. The molecule has 2 unspecified atom stereocenters. The molecule has 0 nitrogen and oxygen atoms in total. The maximum Gasteiger partial charge on any atom is 0.144 e. The van der Waals surface area contributed by atoms with Crippen molar-refractivity contribution in [3.63, 3.8) is 0 Å². The van der Waals surface area contributed by atoms with Crippen molar-refractivity contribution in [1.82, 2.24) is 0 Å². The van der Waals surface area contributed by atoms with E-state index in [1.165, 1.54) is 28.7 Å². The second kappa shape index (κ2) is 6.07. The molecule has 0 aromatic heterocycles. The van der Waals surface area contributed by atoms with Crippen molar-refractivity contribution in [2.45, 2.75) is 38.9 Å². The van der Waals surface area contributed by atoms with E-state index in [9.17, 15) is 0 Å². The lowest BCUT2D eigenvalue weighted by molar-refractivity contribution is 0.719. The molecule has 0 fully saturated rings. The van der Waals surface area contributed by atoms with Gasteiger partial charge in [0, 0.05) is 29.1 Å². The first-order chi connectivity index (χ1) is 12.0. The van der Waals surface area contributed by atoms with E-state index in [1.54, 1.807) is 11.1 Å². The molecule has 0 N–H and O–H groups in total. The van der Waals surface area contributed by atoms with Crippen LogP contribution in [0.1, 0.15) is 48.1 Å². The second-order valence-electron chi connectivity index (χ2n) is 8.06. The number of benzene rings is 2. The molecule has 4 rings (SSSR count). The molecule has 2 atom stereocenters. The highest BCUT2D eigenvalue weighted by Crippen LogP contribution is 2.49. The van der Waals surface area contributed by atoms with Gasteiger partial charge < -0.3 is 0 Å². The van der Waals surface area contributed by atoms with Crippen LogP contribution in [-0.4, -0.2) is 8.07 Å². The summed E-state index contributed by atoms with van der Waals surface area (Å²) in [6, 6.07) is 18.0. The standard InChI is InChI=1S/C24H27Si/c1-5-17(2)22-16-24(21-13-9-8-12-20(21)22)25(3,4)23-15-14-18-10-6-7-11-19(18)23/h6-17,23H,5H2,1-4H3/q+1. The van der Waals surface area contributed by atoms with Gasteiger partial charge in [-0.15, -0.1) is 0 Å². The molecule has 0 bridgehead atoms. The van der Waals surface area contributed by atoms with Crippen LogP contribution in [0.2, 0.25) is 13.1 Å². The van der Waals surface area contributed by atoms with E-state index >= 15 is 0 Å². The van der Waals surface area contributed by atoms with E-state index in [-0.39, 0.29) is 0 Å². The predicted octanol–water partition coefficient (Wildman–Crippen LogP) is 6.65. The van der Waals surface area contributed by atoms with Crippen LogP contribution in [0.25, 0.3) is 11.6 Å². The smallest absolute Gasteiger partial charge is 0.0779 e. The summed E-state index contributed by atoms with van der Waals surface area (Å²) in [6.45, 7) is 9.76. The SMILES string of the molecule is CCC(C)C1=C[C+]([Si](C)(C)C2C=Cc3ccccc32)c2ccccc21. The van der Waals surface area contributed by atoms with Crippen LogP contribution in [-0.2, 0) is 0 Å². The predicted molar refractivity (Wildman–Crippen MR) is 112 cm³/mol. The highest BCUT2D eigenvalue weighted by molar-refractivity contribution is 6.86. The summed E-state index contributed by atoms with van der Waals surface area (Å²) < 4.78 is 0. The monoisotopic (exact) mass is 343 g/mol. The van der Waals surface area contributed by atoms with Gasteiger partial charge in [0.05, 0.1) is 5.57 Å². The summed E-state index contributed by atoms with van der Waals surface area (Å²) in [7, 11) is -1.69. The molecule has 126 valence electrons. The minimum atomic E-state index is -1.69. The number of allylic oxidation sites excluding steroid dienone is 3. The van der Waals surface area contributed by atoms with Crippen LogP contribution in [0.5, 0.6) is 0 Å². The van der Waals surface area contributed by atoms with E-state index in [2.05, 4.69) is 93.7 Å². The fraction of sp³-hybridized carbons (Fsp3) is 0.292. The number of fused-ring (bicyclic) bond motifs is 2. The van der Waals surface area contributed by atoms with E-state index in [4.69, 9.17) is 0 Å². The Morgan fingerprint density at radius 3 is 2.56 bits per heavy atom. The maximum absolute atomic E-state index is 2.56. The van der Waals surface area contributed by atoms with Crippen molar-refractivity contribution < 1.29 is 0 Å². The Kier molecular flexibility index (Phi) is 4.00. The molecule has 1 heteroatoms. The van der Waals surface area contributed by atoms with Gasteiger partial charge in [-0.3, -0.25) is 0 Å². The zero-order chi connectivity index (χ0) is 17.6. The van der Waals surface area contributed by atoms with Gasteiger partial charge in [0.15, 0.2) is 0 Å². The van der Waals surface area contributed by atoms with Crippen molar-refractivity contribution in [3.05, 3.63) is 88.5 Å². The first-order valence-corrected chi connectivity index (χ1v) is 12.6. The number of hydrogen-bond acceptors (Lipinski definition) is 0. The highest BCUT2D eigenvalue weighted by Gasteiger charge is 2.49. The normalized spacial score (nSPS) is 19.6. The van der Waals surface area contributed by atoms with Crippen molar-refractivity contribution in [3.8, 4) is 0 Å². The molecule has 0 saturated carbocycles. The van der Waals surface area contributed by atoms with E-state index in [1.807, 2.05) is 0 Å². The molecule has 2 aliphatic carbocycles. The lowest BCUT2D eigenvalue weighted by Gasteiger charge is -2.31. The van der Waals surface area contributed by atoms with Crippen molar-refractivity contribution in [2.75, 3.05) is 0 Å². The van der Waals surface area contributed by atoms with Gasteiger partial charge >= 0.3 is 0 Å². The summed E-state index contributed by atoms with van der Waals surface area (Å²) in [6.07, 6.45) is 8.54. The van der Waals surface area contributed by atoms with Crippen LogP contribution in [0.4, 0.5) is 0 Å². The average molecular weight is 344 g/mol. The molecule has 25 heavy (non-hydrogen) atoms. The van der Waals surface area contributed by atoms with Gasteiger partial charge in [0.25, 0.3) is 0 Å². The Morgan fingerprint density at radius 2 is 1.76 bits per heavy atom. The molecule has 0 amide bonds. The van der Waals surface area contributed by atoms with Gasteiger partial charge in [-0.2, -0.15) is 0 Å². The third-order valence-electron chi connectivity index (χ3n) is 6.24. The molecule has 0 aliphatic heterocycles. The van der Waals surface area contributed by atoms with Crippen molar-refractivity contribution >= 4 is 19.7 Å². The van der Waals surface area contributed by atoms with Crippen molar-refractivity contribution in [1.29, 1.82) is 0 Å². The Hall–Kier alpha value is -1.99. The van der Waals surface area contributed by atoms with Gasteiger partial charge in [-0.25, -0.2) is 0 Å². The summed E-state index contributed by atoms with van der Waals surface area (Å²) >= 11 is 0. The molecule has 2 aromatic carbocycles. The van der Waals surface area contributed by atoms with Crippen LogP contribution >= 0.6 is 0 Å². The van der Waals surface area contributed by atoms with E-state index in [0.717, 1.165) is 0 Å². The topological polar surface area (TPSA) is 0 Å². The fourth-order valence-electron chi connectivity index (χ4n) is 4.49. The third kappa shape index (κ3) is 2.53. The Labute approximate surface area is 153 Å². The van der Waals surface area contributed by atoms with E-state index in [0.29, 0.717) is 11.5 Å². The molecule has 0 radical (unpaired) electrons. The molecule has 2 aliphatic rings. The molecule has 0 spiro atoms. The van der Waals surface area contributed by atoms with Crippen LogP contribution in [0.15, 0.2) is 60.7 Å². The first kappa shape index (κ1) is 16.5.